The van der Waals surface area contributed by atoms with Crippen LogP contribution in [0.3, 0.4) is 0 Å². The molecule has 0 fully saturated rings. The highest BCUT2D eigenvalue weighted by atomic mass is 32.1. The second-order valence-corrected chi connectivity index (χ2v) is 6.02. The Bertz CT molecular complexity index is 729. The summed E-state index contributed by atoms with van der Waals surface area (Å²) in [4.78, 5) is 7.74. The first kappa shape index (κ1) is 13.8. The van der Waals surface area contributed by atoms with Crippen LogP contribution in [0.2, 0.25) is 0 Å². The fraction of sp³-hybridized carbons (Fsp3) is 0.267. The van der Waals surface area contributed by atoms with E-state index in [1.54, 1.807) is 17.5 Å². The lowest BCUT2D eigenvalue weighted by atomic mass is 10.3. The van der Waals surface area contributed by atoms with Gasteiger partial charge in [-0.3, -0.25) is 0 Å². The first-order chi connectivity index (χ1) is 10.1. The van der Waals surface area contributed by atoms with E-state index >= 15 is 0 Å². The molecule has 0 aromatic carbocycles. The van der Waals surface area contributed by atoms with E-state index in [4.69, 9.17) is 0 Å². The summed E-state index contributed by atoms with van der Waals surface area (Å²) in [6.07, 6.45) is 3.66. The third-order valence-electron chi connectivity index (χ3n) is 3.44. The van der Waals surface area contributed by atoms with Crippen molar-refractivity contribution in [3.8, 4) is 11.5 Å². The zero-order valence-corrected chi connectivity index (χ0v) is 13.1. The highest BCUT2D eigenvalue weighted by molar-refractivity contribution is 7.10. The van der Waals surface area contributed by atoms with Crippen molar-refractivity contribution in [1.82, 2.24) is 19.7 Å². The van der Waals surface area contributed by atoms with Gasteiger partial charge in [-0.15, -0.1) is 21.5 Å². The predicted molar refractivity (Wildman–Crippen MR) is 85.4 cm³/mol. The maximum absolute atomic E-state index is 4.31. The molecule has 0 amide bonds. The standard InChI is InChI=1S/C15H17N5S/c1-11-6-9-21-13(11)10-20(3)14-5-4-12(17-18-14)15-16-7-8-19(15)2/h4-9H,10H2,1-3H3. The van der Waals surface area contributed by atoms with Gasteiger partial charge in [-0.05, 0) is 36.1 Å². The van der Waals surface area contributed by atoms with Crippen molar-refractivity contribution >= 4 is 17.2 Å². The number of imidazole rings is 1. The summed E-state index contributed by atoms with van der Waals surface area (Å²) in [5.41, 5.74) is 2.11. The van der Waals surface area contributed by atoms with Crippen LogP contribution in [0.1, 0.15) is 10.4 Å². The van der Waals surface area contributed by atoms with Crippen molar-refractivity contribution < 1.29 is 0 Å². The molecule has 0 saturated carbocycles. The average Bonchev–Trinajstić information content (AvgIpc) is 3.08. The molecule has 3 aromatic heterocycles. The normalized spacial score (nSPS) is 10.8. The van der Waals surface area contributed by atoms with Gasteiger partial charge in [0.05, 0.1) is 6.54 Å². The third kappa shape index (κ3) is 2.80. The largest absolute Gasteiger partial charge is 0.353 e. The number of aromatic nitrogens is 4. The van der Waals surface area contributed by atoms with Gasteiger partial charge in [0.2, 0.25) is 0 Å². The molecular formula is C15H17N5S. The summed E-state index contributed by atoms with van der Waals surface area (Å²) in [6.45, 7) is 2.98. The maximum Gasteiger partial charge on any atom is 0.160 e. The van der Waals surface area contributed by atoms with Gasteiger partial charge in [-0.2, -0.15) is 0 Å². The first-order valence-corrected chi connectivity index (χ1v) is 7.58. The van der Waals surface area contributed by atoms with E-state index in [-0.39, 0.29) is 0 Å². The Hall–Kier alpha value is -2.21. The molecule has 0 aliphatic carbocycles. The fourth-order valence-corrected chi connectivity index (χ4v) is 3.08. The number of hydrogen-bond donors (Lipinski definition) is 0. The highest BCUT2D eigenvalue weighted by Crippen LogP contribution is 2.21. The summed E-state index contributed by atoms with van der Waals surface area (Å²) in [7, 11) is 3.98. The summed E-state index contributed by atoms with van der Waals surface area (Å²) in [5, 5.41) is 10.7. The van der Waals surface area contributed by atoms with Crippen LogP contribution in [0.5, 0.6) is 0 Å². The summed E-state index contributed by atoms with van der Waals surface area (Å²) < 4.78 is 1.93. The molecular weight excluding hydrogens is 282 g/mol. The van der Waals surface area contributed by atoms with Gasteiger partial charge >= 0.3 is 0 Å². The van der Waals surface area contributed by atoms with Gasteiger partial charge in [0, 0.05) is 31.4 Å². The van der Waals surface area contributed by atoms with E-state index in [1.807, 2.05) is 37.0 Å². The number of aryl methyl sites for hydroxylation is 2. The second kappa shape index (κ2) is 5.65. The van der Waals surface area contributed by atoms with Gasteiger partial charge < -0.3 is 9.47 Å². The zero-order chi connectivity index (χ0) is 14.8. The van der Waals surface area contributed by atoms with Crippen LogP contribution < -0.4 is 4.90 Å². The maximum atomic E-state index is 4.31. The Morgan fingerprint density at radius 1 is 1.24 bits per heavy atom. The van der Waals surface area contributed by atoms with Crippen molar-refractivity contribution in [3.05, 3.63) is 46.4 Å². The van der Waals surface area contributed by atoms with Crippen LogP contribution >= 0.6 is 11.3 Å². The quantitative estimate of drug-likeness (QED) is 0.743. The van der Waals surface area contributed by atoms with Crippen LogP contribution in [0.25, 0.3) is 11.5 Å². The molecule has 6 heteroatoms. The minimum Gasteiger partial charge on any atom is -0.353 e. The topological polar surface area (TPSA) is 46.8 Å². The molecule has 5 nitrogen and oxygen atoms in total. The Morgan fingerprint density at radius 2 is 2.10 bits per heavy atom. The number of hydrogen-bond acceptors (Lipinski definition) is 5. The van der Waals surface area contributed by atoms with Crippen molar-refractivity contribution in [2.45, 2.75) is 13.5 Å². The monoisotopic (exact) mass is 299 g/mol. The lowest BCUT2D eigenvalue weighted by molar-refractivity contribution is 0.862. The van der Waals surface area contributed by atoms with Crippen LogP contribution in [-0.4, -0.2) is 26.8 Å². The lowest BCUT2D eigenvalue weighted by Gasteiger charge is -2.17. The Morgan fingerprint density at radius 3 is 2.67 bits per heavy atom. The number of anilines is 1. The Labute approximate surface area is 127 Å². The molecule has 3 heterocycles. The van der Waals surface area contributed by atoms with E-state index in [0.717, 1.165) is 23.9 Å². The molecule has 0 radical (unpaired) electrons. The molecule has 0 aliphatic heterocycles. The molecule has 21 heavy (non-hydrogen) atoms. The molecule has 0 bridgehead atoms. The van der Waals surface area contributed by atoms with Crippen molar-refractivity contribution in [1.29, 1.82) is 0 Å². The molecule has 3 aromatic rings. The van der Waals surface area contributed by atoms with Gasteiger partial charge in [0.1, 0.15) is 5.69 Å². The summed E-state index contributed by atoms with van der Waals surface area (Å²) in [6, 6.07) is 6.09. The van der Waals surface area contributed by atoms with Crippen LogP contribution in [-0.2, 0) is 13.6 Å². The molecule has 0 spiro atoms. The minimum atomic E-state index is 0.784. The zero-order valence-electron chi connectivity index (χ0n) is 12.3. The molecule has 108 valence electrons. The Balaban J connectivity index is 1.78. The lowest BCUT2D eigenvalue weighted by Crippen LogP contribution is -2.18. The van der Waals surface area contributed by atoms with E-state index in [1.165, 1.54) is 10.4 Å². The molecule has 0 atom stereocenters. The first-order valence-electron chi connectivity index (χ1n) is 6.70. The van der Waals surface area contributed by atoms with E-state index < -0.39 is 0 Å². The molecule has 0 aliphatic rings. The van der Waals surface area contributed by atoms with Crippen LogP contribution in [0, 0.1) is 6.92 Å². The number of nitrogens with zero attached hydrogens (tertiary/aromatic N) is 5. The number of thiophene rings is 1. The molecule has 0 N–H and O–H groups in total. The van der Waals surface area contributed by atoms with E-state index in [9.17, 15) is 0 Å². The van der Waals surface area contributed by atoms with Gasteiger partial charge in [-0.1, -0.05) is 0 Å². The van der Waals surface area contributed by atoms with Crippen LogP contribution in [0.4, 0.5) is 5.82 Å². The van der Waals surface area contributed by atoms with Crippen molar-refractivity contribution in [2.75, 3.05) is 11.9 Å². The average molecular weight is 299 g/mol. The minimum absolute atomic E-state index is 0.784. The highest BCUT2D eigenvalue weighted by Gasteiger charge is 2.10. The van der Waals surface area contributed by atoms with Crippen LogP contribution in [0.15, 0.2) is 36.0 Å². The van der Waals surface area contributed by atoms with Gasteiger partial charge in [0.15, 0.2) is 11.6 Å². The van der Waals surface area contributed by atoms with E-state index in [2.05, 4.69) is 38.5 Å². The Kier molecular flexibility index (Phi) is 3.70. The smallest absolute Gasteiger partial charge is 0.160 e. The SMILES string of the molecule is Cc1ccsc1CN(C)c1ccc(-c2nccn2C)nn1. The fourth-order valence-electron chi connectivity index (χ4n) is 2.12. The molecule has 0 saturated heterocycles. The predicted octanol–water partition coefficient (Wildman–Crippen LogP) is 2.88. The molecule has 0 unspecified atom stereocenters. The third-order valence-corrected chi connectivity index (χ3v) is 4.45. The van der Waals surface area contributed by atoms with E-state index in [0.29, 0.717) is 0 Å². The van der Waals surface area contributed by atoms with Crippen molar-refractivity contribution in [3.63, 3.8) is 0 Å². The summed E-state index contributed by atoms with van der Waals surface area (Å²) >= 11 is 1.77. The molecule has 3 rings (SSSR count). The van der Waals surface area contributed by atoms with Crippen molar-refractivity contribution in [2.24, 2.45) is 7.05 Å². The number of rotatable bonds is 4. The van der Waals surface area contributed by atoms with Gasteiger partial charge in [-0.25, -0.2) is 4.98 Å². The summed E-state index contributed by atoms with van der Waals surface area (Å²) in [5.74, 6) is 1.69. The van der Waals surface area contributed by atoms with Gasteiger partial charge in [0.25, 0.3) is 0 Å². The second-order valence-electron chi connectivity index (χ2n) is 5.02.